The highest BCUT2D eigenvalue weighted by atomic mass is 79.9. The molecule has 0 unspecified atom stereocenters. The predicted octanol–water partition coefficient (Wildman–Crippen LogP) is 3.72. The lowest BCUT2D eigenvalue weighted by atomic mass is 10.1. The highest BCUT2D eigenvalue weighted by molar-refractivity contribution is 9.11. The van der Waals surface area contributed by atoms with Gasteiger partial charge in [0.15, 0.2) is 0 Å². The molecule has 2 aliphatic heterocycles. The van der Waals surface area contributed by atoms with E-state index in [-0.39, 0.29) is 16.9 Å². The lowest BCUT2D eigenvalue weighted by Crippen LogP contribution is -2.51. The first-order valence-corrected chi connectivity index (χ1v) is 12.5. The Morgan fingerprint density at radius 3 is 1.32 bits per heavy atom. The summed E-state index contributed by atoms with van der Waals surface area (Å²) in [6.45, 7) is 1.75. The van der Waals surface area contributed by atoms with E-state index in [2.05, 4.69) is 31.9 Å². The molecule has 15 heteroatoms. The first kappa shape index (κ1) is 29.0. The van der Waals surface area contributed by atoms with Crippen molar-refractivity contribution >= 4 is 103 Å². The maximum absolute atomic E-state index is 11.5. The number of aromatic hydroxyl groups is 1. The van der Waals surface area contributed by atoms with Gasteiger partial charge in [0.05, 0.1) is 8.95 Å². The standard InChI is InChI=1S/C12H8Cl2N2O3.C11H6Br2N2O4/c1-5-8(13)3-6(4-9(5)14)2-7-10(17)15-12(19)16-11(7)18;12-6-2-4(3-7(13)8(6)16)1-5-9(17)14-11(19)15-10(5)18/h2-4H,1H3,(H2,15,16,17,18,19);1-3,16H,(H2,14,15,17,18,19). The van der Waals surface area contributed by atoms with E-state index in [1.165, 1.54) is 24.3 Å². The van der Waals surface area contributed by atoms with Gasteiger partial charge in [0.1, 0.15) is 16.9 Å². The van der Waals surface area contributed by atoms with Gasteiger partial charge in [0, 0.05) is 10.0 Å². The van der Waals surface area contributed by atoms with Crippen LogP contribution in [0.25, 0.3) is 12.2 Å². The Balaban J connectivity index is 0.000000211. The van der Waals surface area contributed by atoms with Crippen molar-refractivity contribution < 1.29 is 33.9 Å². The number of hydrogen-bond acceptors (Lipinski definition) is 7. The van der Waals surface area contributed by atoms with Crippen molar-refractivity contribution in [3.05, 3.63) is 71.1 Å². The van der Waals surface area contributed by atoms with Crippen molar-refractivity contribution in [3.8, 4) is 5.75 Å². The van der Waals surface area contributed by atoms with Gasteiger partial charge >= 0.3 is 12.1 Å². The molecule has 38 heavy (non-hydrogen) atoms. The van der Waals surface area contributed by atoms with Crippen LogP contribution in [0.3, 0.4) is 0 Å². The van der Waals surface area contributed by atoms with Crippen molar-refractivity contribution in [2.75, 3.05) is 0 Å². The van der Waals surface area contributed by atoms with Gasteiger partial charge in [0.2, 0.25) is 0 Å². The van der Waals surface area contributed by atoms with Crippen molar-refractivity contribution in [1.29, 1.82) is 0 Å². The van der Waals surface area contributed by atoms with Gasteiger partial charge in [-0.05, 0) is 91.9 Å². The number of phenolic OH excluding ortho intramolecular Hbond substituents is 1. The molecule has 2 heterocycles. The first-order chi connectivity index (χ1) is 17.8. The van der Waals surface area contributed by atoms with Crippen LogP contribution in [0.4, 0.5) is 9.59 Å². The minimum atomic E-state index is -0.847. The Hall–Kier alpha value is -3.52. The van der Waals surface area contributed by atoms with Gasteiger partial charge in [-0.15, -0.1) is 0 Å². The maximum Gasteiger partial charge on any atom is 0.328 e. The molecule has 11 nitrogen and oxygen atoms in total. The number of amides is 8. The van der Waals surface area contributed by atoms with Gasteiger partial charge in [-0.3, -0.25) is 40.4 Å². The van der Waals surface area contributed by atoms with E-state index in [0.717, 1.165) is 0 Å². The second-order valence-corrected chi connectivity index (χ2v) is 10.1. The third-order valence-corrected chi connectivity index (χ3v) is 6.85. The Kier molecular flexibility index (Phi) is 9.09. The summed E-state index contributed by atoms with van der Waals surface area (Å²) < 4.78 is 0.808. The predicted molar refractivity (Wildman–Crippen MR) is 144 cm³/mol. The molecule has 196 valence electrons. The Morgan fingerprint density at radius 1 is 0.658 bits per heavy atom. The molecule has 0 spiro atoms. The fourth-order valence-corrected chi connectivity index (χ4v) is 4.69. The summed E-state index contributed by atoms with van der Waals surface area (Å²) in [7, 11) is 0. The van der Waals surface area contributed by atoms with E-state index in [1.54, 1.807) is 19.1 Å². The molecule has 2 aliphatic rings. The summed E-state index contributed by atoms with van der Waals surface area (Å²) in [5.41, 5.74) is 1.33. The number of phenols is 1. The van der Waals surface area contributed by atoms with Crippen LogP contribution in [0, 0.1) is 6.92 Å². The lowest BCUT2D eigenvalue weighted by Gasteiger charge is -2.14. The molecule has 4 rings (SSSR count). The van der Waals surface area contributed by atoms with Gasteiger partial charge in [-0.1, -0.05) is 23.2 Å². The molecule has 0 aromatic heterocycles. The second-order valence-electron chi connectivity index (χ2n) is 7.53. The van der Waals surface area contributed by atoms with Crippen molar-refractivity contribution in [3.63, 3.8) is 0 Å². The van der Waals surface area contributed by atoms with Crippen LogP contribution in [0.15, 0.2) is 44.4 Å². The Bertz CT molecular complexity index is 1300. The SMILES string of the molecule is Cc1c(Cl)cc(C=C2C(=O)NC(=O)NC2=O)cc1Cl.O=C1NC(=O)C(=Cc2cc(Br)c(O)c(Br)c2)C(=O)N1. The van der Waals surface area contributed by atoms with Crippen molar-refractivity contribution in [1.82, 2.24) is 21.3 Å². The van der Waals surface area contributed by atoms with Crippen LogP contribution < -0.4 is 21.3 Å². The molecule has 0 bridgehead atoms. The van der Waals surface area contributed by atoms with Crippen LogP contribution in [0.1, 0.15) is 16.7 Å². The molecule has 8 amide bonds. The van der Waals surface area contributed by atoms with Crippen LogP contribution in [-0.4, -0.2) is 40.8 Å². The summed E-state index contributed by atoms with van der Waals surface area (Å²) in [6.07, 6.45) is 2.63. The zero-order valence-electron chi connectivity index (χ0n) is 18.9. The third kappa shape index (κ3) is 6.86. The average Bonchev–Trinajstić information content (AvgIpc) is 2.81. The molecular weight excluding hydrogens is 675 g/mol. The highest BCUT2D eigenvalue weighted by Crippen LogP contribution is 2.34. The molecule has 0 saturated carbocycles. The molecule has 0 aliphatic carbocycles. The number of imide groups is 4. The summed E-state index contributed by atoms with van der Waals surface area (Å²) >= 11 is 18.2. The quantitative estimate of drug-likeness (QED) is 0.237. The molecule has 2 aromatic rings. The number of hydrogen-bond donors (Lipinski definition) is 5. The number of urea groups is 2. The monoisotopic (exact) mass is 686 g/mol. The van der Waals surface area contributed by atoms with Crippen molar-refractivity contribution in [2.24, 2.45) is 0 Å². The minimum absolute atomic E-state index is 0.00914. The molecule has 0 atom stereocenters. The number of benzene rings is 2. The van der Waals surface area contributed by atoms with Gasteiger partial charge < -0.3 is 5.11 Å². The fourth-order valence-electron chi connectivity index (χ4n) is 2.96. The van der Waals surface area contributed by atoms with Crippen LogP contribution in [-0.2, 0) is 19.2 Å². The number of halogens is 4. The van der Waals surface area contributed by atoms with E-state index in [1.807, 2.05) is 21.3 Å². The van der Waals surface area contributed by atoms with Gasteiger partial charge in [-0.2, -0.15) is 0 Å². The summed E-state index contributed by atoms with van der Waals surface area (Å²) in [5, 5.41) is 18.3. The third-order valence-electron chi connectivity index (χ3n) is 4.85. The van der Waals surface area contributed by atoms with Gasteiger partial charge in [-0.25, -0.2) is 9.59 Å². The maximum atomic E-state index is 11.5. The number of nitrogens with one attached hydrogen (secondary N) is 4. The molecule has 2 saturated heterocycles. The highest BCUT2D eigenvalue weighted by Gasteiger charge is 2.28. The number of rotatable bonds is 2. The van der Waals surface area contributed by atoms with Crippen molar-refractivity contribution in [2.45, 2.75) is 6.92 Å². The summed E-state index contributed by atoms with van der Waals surface area (Å²) in [5.74, 6) is -3.05. The van der Waals surface area contributed by atoms with Gasteiger partial charge in [0.25, 0.3) is 23.6 Å². The second kappa shape index (κ2) is 11.9. The summed E-state index contributed by atoms with van der Waals surface area (Å²) in [6, 6.07) is 4.53. The average molecular weight is 689 g/mol. The zero-order chi connectivity index (χ0) is 28.3. The summed E-state index contributed by atoms with van der Waals surface area (Å²) in [4.78, 5) is 67.9. The number of barbiturate groups is 2. The van der Waals surface area contributed by atoms with E-state index in [0.29, 0.717) is 35.7 Å². The van der Waals surface area contributed by atoms with E-state index >= 15 is 0 Å². The number of carbonyl (C=O) groups excluding carboxylic acids is 6. The molecule has 2 aromatic carbocycles. The Labute approximate surface area is 240 Å². The topological polar surface area (TPSA) is 171 Å². The van der Waals surface area contributed by atoms with Crippen LogP contribution in [0.5, 0.6) is 5.75 Å². The molecule has 2 fully saturated rings. The number of carbonyl (C=O) groups is 6. The normalized spacial score (nSPS) is 15.1. The molecular formula is C23H14Br2Cl2N4O7. The lowest BCUT2D eigenvalue weighted by molar-refractivity contribution is -0.125. The fraction of sp³-hybridized carbons (Fsp3) is 0.0435. The molecule has 0 radical (unpaired) electrons. The largest absolute Gasteiger partial charge is 0.506 e. The Morgan fingerprint density at radius 2 is 0.974 bits per heavy atom. The van der Waals surface area contributed by atoms with E-state index in [9.17, 15) is 33.9 Å². The van der Waals surface area contributed by atoms with Crippen LogP contribution in [0.2, 0.25) is 10.0 Å². The smallest absolute Gasteiger partial charge is 0.328 e. The van der Waals surface area contributed by atoms with Crippen LogP contribution >= 0.6 is 55.1 Å². The zero-order valence-corrected chi connectivity index (χ0v) is 23.6. The molecule has 5 N–H and O–H groups in total. The minimum Gasteiger partial charge on any atom is -0.506 e. The first-order valence-electron chi connectivity index (χ1n) is 10.2. The van der Waals surface area contributed by atoms with E-state index in [4.69, 9.17) is 23.2 Å². The van der Waals surface area contributed by atoms with E-state index < -0.39 is 35.7 Å².